The SMILES string of the molecule is Cc1ccnc(CS(=O)c2nc3ccccc3c(=O)n2-c2ccccc2)c1. The van der Waals surface area contributed by atoms with Crippen molar-refractivity contribution < 1.29 is 4.21 Å². The van der Waals surface area contributed by atoms with Crippen LogP contribution in [0.4, 0.5) is 0 Å². The molecule has 1 atom stereocenters. The highest BCUT2D eigenvalue weighted by Crippen LogP contribution is 2.17. The number of aryl methyl sites for hydroxylation is 1. The number of hydrogen-bond acceptors (Lipinski definition) is 4. The third kappa shape index (κ3) is 3.44. The van der Waals surface area contributed by atoms with Gasteiger partial charge in [-0.3, -0.25) is 18.6 Å². The van der Waals surface area contributed by atoms with Crippen molar-refractivity contribution in [3.63, 3.8) is 0 Å². The number of hydrogen-bond donors (Lipinski definition) is 0. The summed E-state index contributed by atoms with van der Waals surface area (Å²) in [5.74, 6) is 0.194. The summed E-state index contributed by atoms with van der Waals surface area (Å²) < 4.78 is 14.6. The van der Waals surface area contributed by atoms with E-state index in [4.69, 9.17) is 0 Å². The summed E-state index contributed by atoms with van der Waals surface area (Å²) in [5.41, 5.74) is 2.70. The maximum absolute atomic E-state index is 13.2. The Morgan fingerprint density at radius 2 is 1.74 bits per heavy atom. The second-order valence-corrected chi connectivity index (χ2v) is 7.55. The molecule has 0 bridgehead atoms. The van der Waals surface area contributed by atoms with Gasteiger partial charge in [-0.1, -0.05) is 30.3 Å². The standard InChI is InChI=1S/C21H17N3O2S/c1-15-11-12-22-16(13-15)14-27(26)21-23-19-10-6-5-9-18(19)20(25)24(21)17-7-3-2-4-8-17/h2-13H,14H2,1H3. The van der Waals surface area contributed by atoms with Crippen molar-refractivity contribution in [2.24, 2.45) is 0 Å². The van der Waals surface area contributed by atoms with Crippen molar-refractivity contribution in [3.05, 3.63) is 94.5 Å². The fourth-order valence-corrected chi connectivity index (χ4v) is 4.09. The zero-order valence-electron chi connectivity index (χ0n) is 14.7. The molecule has 6 heteroatoms. The molecule has 4 aromatic rings. The Morgan fingerprint density at radius 1 is 1.00 bits per heavy atom. The number of rotatable bonds is 4. The minimum absolute atomic E-state index is 0.194. The van der Waals surface area contributed by atoms with E-state index in [2.05, 4.69) is 9.97 Å². The van der Waals surface area contributed by atoms with E-state index < -0.39 is 10.8 Å². The molecule has 0 aliphatic heterocycles. The molecule has 0 saturated carbocycles. The van der Waals surface area contributed by atoms with Gasteiger partial charge < -0.3 is 0 Å². The molecule has 134 valence electrons. The minimum Gasteiger partial charge on any atom is -0.268 e. The Hall–Kier alpha value is -3.12. The van der Waals surface area contributed by atoms with E-state index in [1.807, 2.05) is 55.5 Å². The highest BCUT2D eigenvalue weighted by atomic mass is 32.2. The number of para-hydroxylation sites is 2. The van der Waals surface area contributed by atoms with Crippen LogP contribution in [-0.2, 0) is 16.6 Å². The van der Waals surface area contributed by atoms with Gasteiger partial charge in [-0.25, -0.2) is 4.98 Å². The molecule has 1 unspecified atom stereocenters. The van der Waals surface area contributed by atoms with Crippen LogP contribution in [0, 0.1) is 6.92 Å². The fraction of sp³-hybridized carbons (Fsp3) is 0.0952. The first kappa shape index (κ1) is 17.3. The maximum atomic E-state index is 13.2. The van der Waals surface area contributed by atoms with Gasteiger partial charge in [0.05, 0.1) is 38.8 Å². The largest absolute Gasteiger partial charge is 0.268 e. The Bertz CT molecular complexity index is 1200. The molecule has 4 rings (SSSR count). The first-order valence-electron chi connectivity index (χ1n) is 8.50. The number of nitrogens with zero attached hydrogens (tertiary/aromatic N) is 3. The van der Waals surface area contributed by atoms with Crippen LogP contribution in [0.5, 0.6) is 0 Å². The predicted molar refractivity (Wildman–Crippen MR) is 106 cm³/mol. The third-order valence-corrected chi connectivity index (χ3v) is 5.45. The number of benzene rings is 2. The molecule has 2 heterocycles. The van der Waals surface area contributed by atoms with Gasteiger partial charge >= 0.3 is 0 Å². The Labute approximate surface area is 158 Å². The lowest BCUT2D eigenvalue weighted by atomic mass is 10.2. The molecule has 0 saturated heterocycles. The summed E-state index contributed by atoms with van der Waals surface area (Å²) in [6.07, 6.45) is 1.69. The van der Waals surface area contributed by atoms with Crippen molar-refractivity contribution in [3.8, 4) is 5.69 Å². The van der Waals surface area contributed by atoms with E-state index in [0.29, 0.717) is 22.3 Å². The first-order valence-corrected chi connectivity index (χ1v) is 9.82. The van der Waals surface area contributed by atoms with Crippen LogP contribution < -0.4 is 5.56 Å². The van der Waals surface area contributed by atoms with Crippen molar-refractivity contribution >= 4 is 21.7 Å². The Morgan fingerprint density at radius 3 is 2.52 bits per heavy atom. The molecule has 0 N–H and O–H groups in total. The zero-order chi connectivity index (χ0) is 18.8. The number of pyridine rings is 1. The summed E-state index contributed by atoms with van der Waals surface area (Å²) in [6.45, 7) is 1.96. The van der Waals surface area contributed by atoms with Gasteiger partial charge in [0, 0.05) is 6.20 Å². The topological polar surface area (TPSA) is 64.8 Å². The van der Waals surface area contributed by atoms with E-state index in [0.717, 1.165) is 5.56 Å². The molecule has 5 nitrogen and oxygen atoms in total. The molecule has 0 aliphatic rings. The first-order chi connectivity index (χ1) is 13.1. The van der Waals surface area contributed by atoms with Crippen LogP contribution in [0.1, 0.15) is 11.3 Å². The van der Waals surface area contributed by atoms with Crippen LogP contribution in [0.25, 0.3) is 16.6 Å². The van der Waals surface area contributed by atoms with Gasteiger partial charge in [-0.05, 0) is 48.9 Å². The van der Waals surface area contributed by atoms with Crippen molar-refractivity contribution in [1.29, 1.82) is 0 Å². The number of fused-ring (bicyclic) bond motifs is 1. The molecule has 0 amide bonds. The predicted octanol–water partition coefficient (Wildman–Crippen LogP) is 3.40. The highest BCUT2D eigenvalue weighted by Gasteiger charge is 2.18. The summed E-state index contributed by atoms with van der Waals surface area (Å²) in [4.78, 5) is 22.0. The van der Waals surface area contributed by atoms with Gasteiger partial charge in [-0.15, -0.1) is 0 Å². The molecule has 0 aliphatic carbocycles. The van der Waals surface area contributed by atoms with E-state index in [9.17, 15) is 9.00 Å². The smallest absolute Gasteiger partial charge is 0.266 e. The van der Waals surface area contributed by atoms with E-state index in [1.165, 1.54) is 4.57 Å². The molecule has 2 aromatic heterocycles. The zero-order valence-corrected chi connectivity index (χ0v) is 15.5. The summed E-state index contributed by atoms with van der Waals surface area (Å²) in [5, 5.41) is 0.726. The monoisotopic (exact) mass is 375 g/mol. The van der Waals surface area contributed by atoms with Gasteiger partial charge in [0.1, 0.15) is 0 Å². The van der Waals surface area contributed by atoms with Crippen LogP contribution in [-0.4, -0.2) is 18.7 Å². The summed E-state index contributed by atoms with van der Waals surface area (Å²) in [6, 6.07) is 20.1. The van der Waals surface area contributed by atoms with Crippen LogP contribution in [0.2, 0.25) is 0 Å². The van der Waals surface area contributed by atoms with Gasteiger partial charge in [-0.2, -0.15) is 0 Å². The molecular formula is C21H17N3O2S. The average molecular weight is 375 g/mol. The van der Waals surface area contributed by atoms with Crippen molar-refractivity contribution in [2.45, 2.75) is 17.8 Å². The summed E-state index contributed by atoms with van der Waals surface area (Å²) in [7, 11) is -1.53. The molecular weight excluding hydrogens is 358 g/mol. The van der Waals surface area contributed by atoms with E-state index in [-0.39, 0.29) is 16.5 Å². The van der Waals surface area contributed by atoms with Gasteiger partial charge in [0.2, 0.25) is 5.16 Å². The summed E-state index contributed by atoms with van der Waals surface area (Å²) >= 11 is 0. The van der Waals surface area contributed by atoms with Crippen molar-refractivity contribution in [1.82, 2.24) is 14.5 Å². The molecule has 0 radical (unpaired) electrons. The van der Waals surface area contributed by atoms with Crippen LogP contribution in [0.15, 0.2) is 82.9 Å². The van der Waals surface area contributed by atoms with E-state index in [1.54, 1.807) is 24.4 Å². The highest BCUT2D eigenvalue weighted by molar-refractivity contribution is 7.84. The lowest BCUT2D eigenvalue weighted by Crippen LogP contribution is -2.25. The van der Waals surface area contributed by atoms with Crippen LogP contribution >= 0.6 is 0 Å². The second kappa shape index (κ2) is 7.25. The third-order valence-electron chi connectivity index (χ3n) is 4.21. The molecule has 0 spiro atoms. The molecule has 27 heavy (non-hydrogen) atoms. The second-order valence-electron chi connectivity index (χ2n) is 6.20. The molecule has 2 aromatic carbocycles. The normalized spacial score (nSPS) is 12.2. The lowest BCUT2D eigenvalue weighted by molar-refractivity contribution is 0.666. The lowest BCUT2D eigenvalue weighted by Gasteiger charge is -2.13. The average Bonchev–Trinajstić information content (AvgIpc) is 2.68. The van der Waals surface area contributed by atoms with Crippen molar-refractivity contribution in [2.75, 3.05) is 0 Å². The van der Waals surface area contributed by atoms with Crippen LogP contribution in [0.3, 0.4) is 0 Å². The number of aromatic nitrogens is 3. The van der Waals surface area contributed by atoms with Gasteiger partial charge in [0.15, 0.2) is 0 Å². The molecule has 0 fully saturated rings. The fourth-order valence-electron chi connectivity index (χ4n) is 2.95. The minimum atomic E-state index is -1.53. The van der Waals surface area contributed by atoms with Gasteiger partial charge in [0.25, 0.3) is 5.56 Å². The Kier molecular flexibility index (Phi) is 4.64. The quantitative estimate of drug-likeness (QED) is 0.513. The Balaban J connectivity index is 1.90. The van der Waals surface area contributed by atoms with E-state index >= 15 is 0 Å². The maximum Gasteiger partial charge on any atom is 0.266 e.